The fraction of sp³-hybridized carbons (Fsp3) is 0.429. The molecule has 7 nitrogen and oxygen atoms in total. The van der Waals surface area contributed by atoms with Gasteiger partial charge in [-0.05, 0) is 31.0 Å². The van der Waals surface area contributed by atoms with E-state index in [0.717, 1.165) is 12.1 Å². The molecule has 0 unspecified atom stereocenters. The second-order valence-corrected chi connectivity index (χ2v) is 5.91. The zero-order valence-corrected chi connectivity index (χ0v) is 16.1. The Hall–Kier alpha value is -0.670. The second-order valence-electron chi connectivity index (χ2n) is 4.49. The maximum atomic E-state index is 11.8. The predicted molar refractivity (Wildman–Crippen MR) is 83.2 cm³/mol. The maximum absolute atomic E-state index is 11.8. The van der Waals surface area contributed by atoms with Crippen molar-refractivity contribution in [1.82, 2.24) is 0 Å². The van der Waals surface area contributed by atoms with Gasteiger partial charge in [-0.3, -0.25) is 4.55 Å². The Morgan fingerprint density at radius 1 is 0.957 bits per heavy atom. The van der Waals surface area contributed by atoms with E-state index in [1.807, 2.05) is 0 Å². The van der Waals surface area contributed by atoms with E-state index in [2.05, 4.69) is 0 Å². The molecule has 23 heavy (non-hydrogen) atoms. The van der Waals surface area contributed by atoms with Crippen molar-refractivity contribution in [2.45, 2.75) is 31.6 Å². The molecule has 0 aromatic heterocycles. The van der Waals surface area contributed by atoms with Gasteiger partial charge in [-0.2, -0.15) is 8.42 Å². The molecule has 0 aliphatic heterocycles. The summed E-state index contributed by atoms with van der Waals surface area (Å²) in [4.78, 5) is 23.1. The van der Waals surface area contributed by atoms with Gasteiger partial charge in [-0.1, -0.05) is 13.8 Å². The molecule has 0 atom stereocenters. The fourth-order valence-electron chi connectivity index (χ4n) is 1.54. The molecule has 122 valence electrons. The van der Waals surface area contributed by atoms with Crippen LogP contribution in [0.4, 0.5) is 0 Å². The fourth-order valence-corrected chi connectivity index (χ4v) is 2.09. The smallest absolute Gasteiger partial charge is 0.462 e. The Labute approximate surface area is 165 Å². The Morgan fingerprint density at radius 2 is 1.35 bits per heavy atom. The van der Waals surface area contributed by atoms with E-state index in [-0.39, 0.29) is 62.1 Å². The van der Waals surface area contributed by atoms with Gasteiger partial charge in [0, 0.05) is 0 Å². The van der Waals surface area contributed by atoms with Crippen LogP contribution in [0.25, 0.3) is 0 Å². The van der Waals surface area contributed by atoms with Crippen LogP contribution in [0.3, 0.4) is 0 Å². The Morgan fingerprint density at radius 3 is 1.65 bits per heavy atom. The van der Waals surface area contributed by atoms with Crippen molar-refractivity contribution in [3.05, 3.63) is 29.3 Å². The first-order valence-corrected chi connectivity index (χ1v) is 8.20. The molecule has 0 saturated heterocycles. The molecule has 1 aromatic carbocycles. The number of ether oxygens (including phenoxy) is 2. The first-order valence-electron chi connectivity index (χ1n) is 6.76. The molecular formula is C14H18CaO7S+2. The van der Waals surface area contributed by atoms with E-state index >= 15 is 0 Å². The molecule has 0 aliphatic carbocycles. The van der Waals surface area contributed by atoms with Crippen LogP contribution in [0.2, 0.25) is 0 Å². The van der Waals surface area contributed by atoms with Gasteiger partial charge in [-0.25, -0.2) is 9.59 Å². The van der Waals surface area contributed by atoms with Crippen LogP contribution >= 0.6 is 0 Å². The number of hydrogen-bond donors (Lipinski definition) is 1. The molecule has 0 bridgehead atoms. The van der Waals surface area contributed by atoms with Crippen molar-refractivity contribution in [2.75, 3.05) is 13.2 Å². The van der Waals surface area contributed by atoms with Crippen molar-refractivity contribution in [2.24, 2.45) is 0 Å². The van der Waals surface area contributed by atoms with E-state index in [1.54, 1.807) is 13.8 Å². The first-order chi connectivity index (χ1) is 10.3. The summed E-state index contributed by atoms with van der Waals surface area (Å²) in [5.74, 6) is -1.56. The number of rotatable bonds is 7. The standard InChI is InChI=1S/C14H18O7S.Ca/c1-3-5-20-13(15)10-7-11(14(16)21-6-4-2)9-12(8-10)22(17,18)19;/h7-9H,3-6H2,1-2H3,(H,17,18,19);/q;+2. The third-order valence-corrected chi connectivity index (χ3v) is 3.38. The minimum absolute atomic E-state index is 0. The third kappa shape index (κ3) is 7.17. The molecule has 0 fully saturated rings. The molecule has 0 heterocycles. The maximum Gasteiger partial charge on any atom is 2.00 e. The van der Waals surface area contributed by atoms with Crippen LogP contribution in [-0.2, 0) is 19.6 Å². The van der Waals surface area contributed by atoms with E-state index in [0.29, 0.717) is 12.8 Å². The molecule has 1 aromatic rings. The molecule has 0 aliphatic rings. The van der Waals surface area contributed by atoms with Gasteiger partial charge < -0.3 is 9.47 Å². The SMILES string of the molecule is CCCOC(=O)c1cc(C(=O)OCCC)cc(S(=O)(=O)O)c1.[Ca+2]. The average Bonchev–Trinajstić information content (AvgIpc) is 2.48. The van der Waals surface area contributed by atoms with Crippen molar-refractivity contribution in [3.63, 3.8) is 0 Å². The minimum Gasteiger partial charge on any atom is -0.462 e. The summed E-state index contributed by atoms with van der Waals surface area (Å²) in [6.07, 6.45) is 1.18. The topological polar surface area (TPSA) is 107 Å². The normalized spacial score (nSPS) is 10.6. The van der Waals surface area contributed by atoms with Gasteiger partial charge in [0.2, 0.25) is 0 Å². The molecular weight excluding hydrogens is 352 g/mol. The van der Waals surface area contributed by atoms with Gasteiger partial charge in [0.15, 0.2) is 0 Å². The van der Waals surface area contributed by atoms with Gasteiger partial charge in [0.05, 0.1) is 29.2 Å². The average molecular weight is 370 g/mol. The van der Waals surface area contributed by atoms with Crippen LogP contribution < -0.4 is 0 Å². The van der Waals surface area contributed by atoms with E-state index in [1.165, 1.54) is 6.07 Å². The van der Waals surface area contributed by atoms with Gasteiger partial charge in [0.25, 0.3) is 10.1 Å². The molecule has 0 saturated carbocycles. The summed E-state index contributed by atoms with van der Waals surface area (Å²) in [6.45, 7) is 3.92. The first kappa shape index (κ1) is 22.3. The summed E-state index contributed by atoms with van der Waals surface area (Å²) >= 11 is 0. The quantitative estimate of drug-likeness (QED) is 0.442. The van der Waals surface area contributed by atoms with Crippen LogP contribution in [0.1, 0.15) is 47.4 Å². The summed E-state index contributed by atoms with van der Waals surface area (Å²) in [5.41, 5.74) is -0.293. The molecule has 0 spiro atoms. The number of benzene rings is 1. The van der Waals surface area contributed by atoms with Crippen LogP contribution in [0, 0.1) is 0 Å². The van der Waals surface area contributed by atoms with Crippen molar-refractivity contribution in [1.29, 1.82) is 0 Å². The third-order valence-electron chi connectivity index (χ3n) is 2.55. The minimum atomic E-state index is -4.57. The molecule has 0 amide bonds. The zero-order valence-electron chi connectivity index (χ0n) is 13.1. The van der Waals surface area contributed by atoms with Crippen LogP contribution in [0.15, 0.2) is 23.1 Å². The van der Waals surface area contributed by atoms with Crippen LogP contribution in [-0.4, -0.2) is 75.9 Å². The Balaban J connectivity index is 0.00000484. The van der Waals surface area contributed by atoms with Crippen molar-refractivity contribution < 1.29 is 32.0 Å². The largest absolute Gasteiger partial charge is 2.00 e. The number of hydrogen-bond acceptors (Lipinski definition) is 6. The van der Waals surface area contributed by atoms with E-state index < -0.39 is 27.0 Å². The van der Waals surface area contributed by atoms with Gasteiger partial charge in [0.1, 0.15) is 0 Å². The zero-order chi connectivity index (χ0) is 16.8. The summed E-state index contributed by atoms with van der Waals surface area (Å²) in [5, 5.41) is 0. The summed E-state index contributed by atoms with van der Waals surface area (Å²) in [6, 6.07) is 3.07. The monoisotopic (exact) mass is 370 g/mol. The Bertz CT molecular complexity index is 617. The number of carbonyl (C=O) groups is 2. The van der Waals surface area contributed by atoms with Gasteiger partial charge in [-0.15, -0.1) is 0 Å². The van der Waals surface area contributed by atoms with Crippen molar-refractivity contribution in [3.8, 4) is 0 Å². The van der Waals surface area contributed by atoms with Gasteiger partial charge >= 0.3 is 49.7 Å². The van der Waals surface area contributed by atoms with Crippen molar-refractivity contribution >= 4 is 59.8 Å². The molecule has 9 heteroatoms. The Kier molecular flexibility index (Phi) is 9.95. The summed E-state index contributed by atoms with van der Waals surface area (Å²) in [7, 11) is -4.57. The van der Waals surface area contributed by atoms with E-state index in [9.17, 15) is 18.0 Å². The molecule has 1 rings (SSSR count). The predicted octanol–water partition coefficient (Wildman–Crippen LogP) is 1.69. The summed E-state index contributed by atoms with van der Waals surface area (Å²) < 4.78 is 41.4. The molecule has 0 radical (unpaired) electrons. The second kappa shape index (κ2) is 10.2. The van der Waals surface area contributed by atoms with E-state index in [4.69, 9.17) is 14.0 Å². The van der Waals surface area contributed by atoms with Crippen LogP contribution in [0.5, 0.6) is 0 Å². The number of carbonyl (C=O) groups excluding carboxylic acids is 2. The number of esters is 2. The molecule has 1 N–H and O–H groups in total.